The van der Waals surface area contributed by atoms with E-state index in [1.54, 1.807) is 0 Å². The Kier molecular flexibility index (Phi) is 6.49. The third-order valence-electron chi connectivity index (χ3n) is 3.20. The lowest BCUT2D eigenvalue weighted by Gasteiger charge is -2.07. The average molecular weight is 356 g/mol. The lowest BCUT2D eigenvalue weighted by Crippen LogP contribution is -2.27. The zero-order valence-corrected chi connectivity index (χ0v) is 14.8. The molecule has 2 rings (SSSR count). The van der Waals surface area contributed by atoms with Crippen LogP contribution in [0, 0.1) is 4.77 Å². The van der Waals surface area contributed by atoms with Gasteiger partial charge in [0, 0.05) is 11.5 Å². The van der Waals surface area contributed by atoms with E-state index >= 15 is 0 Å². The van der Waals surface area contributed by atoms with Crippen LogP contribution in [0.5, 0.6) is 0 Å². The molecule has 0 spiro atoms. The van der Waals surface area contributed by atoms with E-state index in [9.17, 15) is 9.59 Å². The van der Waals surface area contributed by atoms with Crippen molar-refractivity contribution in [3.8, 4) is 0 Å². The minimum atomic E-state index is -0.503. The second-order valence-corrected chi connectivity index (χ2v) is 6.49. The van der Waals surface area contributed by atoms with Crippen molar-refractivity contribution in [2.45, 2.75) is 33.2 Å². The number of carbonyl (C=O) groups is 1. The van der Waals surface area contributed by atoms with Gasteiger partial charge in [-0.1, -0.05) is 13.8 Å². The summed E-state index contributed by atoms with van der Waals surface area (Å²) in [4.78, 5) is 29.2. The van der Waals surface area contributed by atoms with Gasteiger partial charge in [-0.15, -0.1) is 11.3 Å². The van der Waals surface area contributed by atoms with Crippen molar-refractivity contribution in [3.63, 3.8) is 0 Å². The summed E-state index contributed by atoms with van der Waals surface area (Å²) in [5.74, 6) is -0.503. The maximum atomic E-state index is 12.5. The molecule has 0 atom stereocenters. The highest BCUT2D eigenvalue weighted by atomic mass is 32.1. The second kappa shape index (κ2) is 8.37. The van der Waals surface area contributed by atoms with E-state index in [-0.39, 0.29) is 23.5 Å². The van der Waals surface area contributed by atoms with Gasteiger partial charge in [-0.25, -0.2) is 0 Å². The van der Waals surface area contributed by atoms with Gasteiger partial charge in [0.15, 0.2) is 4.77 Å². The maximum Gasteiger partial charge on any atom is 0.326 e. The Hall–Kier alpha value is -1.51. The third kappa shape index (κ3) is 4.49. The van der Waals surface area contributed by atoms with Crippen LogP contribution in [0.3, 0.4) is 0 Å². The zero-order chi connectivity index (χ0) is 16.8. The molecule has 0 aromatic carbocycles. The van der Waals surface area contributed by atoms with Crippen molar-refractivity contribution in [3.05, 3.63) is 26.1 Å². The fourth-order valence-electron chi connectivity index (χ4n) is 2.05. The number of esters is 1. The molecule has 23 heavy (non-hydrogen) atoms. The van der Waals surface area contributed by atoms with E-state index in [0.717, 1.165) is 22.5 Å². The fourth-order valence-corrected chi connectivity index (χ4v) is 3.35. The third-order valence-corrected chi connectivity index (χ3v) is 4.72. The lowest BCUT2D eigenvalue weighted by atomic mass is 10.3. The summed E-state index contributed by atoms with van der Waals surface area (Å²) in [5.41, 5.74) is -0.265. The van der Waals surface area contributed by atoms with E-state index in [2.05, 4.69) is 4.98 Å². The number of nitrogens with zero attached hydrogens (tertiary/aromatic N) is 1. The first-order valence-corrected chi connectivity index (χ1v) is 8.78. The minimum Gasteiger partial charge on any atom is -0.462 e. The van der Waals surface area contributed by atoms with Crippen LogP contribution < -0.4 is 5.56 Å². The Bertz CT molecular complexity index is 791. The van der Waals surface area contributed by atoms with E-state index in [0.29, 0.717) is 18.6 Å². The van der Waals surface area contributed by atoms with Crippen molar-refractivity contribution in [2.24, 2.45) is 0 Å². The van der Waals surface area contributed by atoms with Crippen LogP contribution in [0.1, 0.15) is 25.1 Å². The number of carbonyl (C=O) groups excluding carboxylic acids is 1. The van der Waals surface area contributed by atoms with Crippen molar-refractivity contribution in [2.75, 3.05) is 19.8 Å². The fraction of sp³-hybridized carbons (Fsp3) is 0.533. The Morgan fingerprint density at radius 1 is 1.35 bits per heavy atom. The molecule has 0 fully saturated rings. The number of rotatable bonds is 8. The Morgan fingerprint density at radius 2 is 2.13 bits per heavy atom. The summed E-state index contributed by atoms with van der Waals surface area (Å²) >= 11 is 6.69. The molecular formula is C15H20N2O4S2. The quantitative estimate of drug-likeness (QED) is 0.447. The first kappa shape index (κ1) is 17.8. The maximum absolute atomic E-state index is 12.5. The van der Waals surface area contributed by atoms with Gasteiger partial charge in [0.2, 0.25) is 0 Å². The van der Waals surface area contributed by atoms with Gasteiger partial charge in [-0.05, 0) is 31.1 Å². The molecule has 0 amide bonds. The molecule has 0 unspecified atom stereocenters. The smallest absolute Gasteiger partial charge is 0.326 e. The minimum absolute atomic E-state index is 0.171. The van der Waals surface area contributed by atoms with Crippen LogP contribution in [0.2, 0.25) is 0 Å². The molecule has 2 heterocycles. The SMILES string of the molecule is CCCOCCOC(=O)Cn1c(=S)[nH]c2sc(CC)cc2c1=O. The van der Waals surface area contributed by atoms with Crippen molar-refractivity contribution in [1.82, 2.24) is 9.55 Å². The Labute approximate surface area is 143 Å². The summed E-state index contributed by atoms with van der Waals surface area (Å²) in [6, 6.07) is 1.84. The molecule has 0 aliphatic rings. The second-order valence-electron chi connectivity index (χ2n) is 4.96. The normalized spacial score (nSPS) is 11.0. The number of aromatic amines is 1. The molecule has 126 valence electrons. The number of hydrogen-bond acceptors (Lipinski definition) is 6. The van der Waals surface area contributed by atoms with Gasteiger partial charge in [0.1, 0.15) is 18.0 Å². The summed E-state index contributed by atoms with van der Waals surface area (Å²) < 4.78 is 11.8. The molecule has 0 bridgehead atoms. The van der Waals surface area contributed by atoms with Gasteiger partial charge in [0.25, 0.3) is 5.56 Å². The monoisotopic (exact) mass is 356 g/mol. The average Bonchev–Trinajstić information content (AvgIpc) is 2.94. The predicted octanol–water partition coefficient (Wildman–Crippen LogP) is 2.65. The topological polar surface area (TPSA) is 73.3 Å². The summed E-state index contributed by atoms with van der Waals surface area (Å²) in [5, 5.41) is 0.555. The Balaban J connectivity index is 2.09. The van der Waals surface area contributed by atoms with Crippen LogP contribution in [-0.2, 0) is 27.2 Å². The van der Waals surface area contributed by atoms with Crippen LogP contribution in [-0.4, -0.2) is 35.3 Å². The number of hydrogen-bond donors (Lipinski definition) is 1. The largest absolute Gasteiger partial charge is 0.462 e. The molecule has 0 aliphatic heterocycles. The first-order chi connectivity index (χ1) is 11.1. The number of fused-ring (bicyclic) bond motifs is 1. The van der Waals surface area contributed by atoms with Crippen molar-refractivity contribution >= 4 is 39.7 Å². The summed E-state index contributed by atoms with van der Waals surface area (Å²) in [6.45, 7) is 4.99. The highest BCUT2D eigenvalue weighted by molar-refractivity contribution is 7.71. The number of aromatic nitrogens is 2. The highest BCUT2D eigenvalue weighted by Gasteiger charge is 2.12. The zero-order valence-electron chi connectivity index (χ0n) is 13.2. The van der Waals surface area contributed by atoms with Gasteiger partial charge < -0.3 is 14.5 Å². The lowest BCUT2D eigenvalue weighted by molar-refractivity contribution is -0.146. The van der Waals surface area contributed by atoms with Crippen molar-refractivity contribution in [1.29, 1.82) is 0 Å². The highest BCUT2D eigenvalue weighted by Crippen LogP contribution is 2.21. The molecular weight excluding hydrogens is 336 g/mol. The van der Waals surface area contributed by atoms with E-state index in [4.69, 9.17) is 21.7 Å². The molecule has 2 aromatic rings. The number of ether oxygens (including phenoxy) is 2. The first-order valence-electron chi connectivity index (χ1n) is 7.55. The van der Waals surface area contributed by atoms with E-state index < -0.39 is 5.97 Å². The molecule has 6 nitrogen and oxygen atoms in total. The van der Waals surface area contributed by atoms with Crippen LogP contribution in [0.25, 0.3) is 10.2 Å². The van der Waals surface area contributed by atoms with E-state index in [1.807, 2.05) is 19.9 Å². The number of thiophene rings is 1. The number of aryl methyl sites for hydroxylation is 1. The molecule has 0 radical (unpaired) electrons. The molecule has 2 aromatic heterocycles. The summed E-state index contributed by atoms with van der Waals surface area (Å²) in [6.07, 6.45) is 1.76. The van der Waals surface area contributed by atoms with Crippen molar-refractivity contribution < 1.29 is 14.3 Å². The van der Waals surface area contributed by atoms with Gasteiger partial charge >= 0.3 is 5.97 Å². The van der Waals surface area contributed by atoms with Crippen LogP contribution in [0.4, 0.5) is 0 Å². The molecule has 0 aliphatic carbocycles. The van der Waals surface area contributed by atoms with Gasteiger partial charge in [-0.2, -0.15) is 0 Å². The molecule has 8 heteroatoms. The molecule has 0 saturated carbocycles. The van der Waals surface area contributed by atoms with E-state index in [1.165, 1.54) is 15.9 Å². The molecule has 0 saturated heterocycles. The standard InChI is InChI=1S/C15H20N2O4S2/c1-3-5-20-6-7-21-12(18)9-17-14(19)11-8-10(4-2)23-13(11)16-15(17)22/h8H,3-7,9H2,1-2H3,(H,16,22). The van der Waals surface area contributed by atoms with Crippen LogP contribution >= 0.6 is 23.6 Å². The molecule has 1 N–H and O–H groups in total. The predicted molar refractivity (Wildman–Crippen MR) is 92.7 cm³/mol. The van der Waals surface area contributed by atoms with Crippen LogP contribution in [0.15, 0.2) is 10.9 Å². The number of nitrogens with one attached hydrogen (secondary N) is 1. The summed E-state index contributed by atoms with van der Waals surface area (Å²) in [7, 11) is 0. The number of H-pyrrole nitrogens is 1. The Morgan fingerprint density at radius 3 is 2.83 bits per heavy atom. The van der Waals surface area contributed by atoms with Gasteiger partial charge in [0.05, 0.1) is 12.0 Å². The van der Waals surface area contributed by atoms with Gasteiger partial charge in [-0.3, -0.25) is 14.2 Å².